The van der Waals surface area contributed by atoms with Gasteiger partial charge in [-0.15, -0.1) is 0 Å². The minimum Gasteiger partial charge on any atom is -0.352 e. The lowest BCUT2D eigenvalue weighted by Crippen LogP contribution is -2.48. The second kappa shape index (κ2) is 10.4. The summed E-state index contributed by atoms with van der Waals surface area (Å²) in [6.07, 6.45) is 0.979. The first-order valence-electron chi connectivity index (χ1n) is 9.79. The van der Waals surface area contributed by atoms with E-state index in [1.54, 1.807) is 0 Å². The van der Waals surface area contributed by atoms with E-state index in [-0.39, 0.29) is 17.6 Å². The highest BCUT2D eigenvalue weighted by atomic mass is 35.5. The maximum absolute atomic E-state index is 12.9. The smallest absolute Gasteiger partial charge is 0.251 e. The van der Waals surface area contributed by atoms with Crippen LogP contribution in [-0.2, 0) is 11.3 Å². The number of amides is 2. The molecule has 5 nitrogen and oxygen atoms in total. The van der Waals surface area contributed by atoms with Gasteiger partial charge in [-0.1, -0.05) is 23.7 Å². The maximum Gasteiger partial charge on any atom is 0.251 e. The van der Waals surface area contributed by atoms with Gasteiger partial charge in [0.15, 0.2) is 0 Å². The Bertz CT molecular complexity index is 836. The third-order valence-electron chi connectivity index (χ3n) is 4.98. The molecular formula is C22H25ClFN3O2. The molecule has 1 heterocycles. The summed E-state index contributed by atoms with van der Waals surface area (Å²) in [5.74, 6) is -0.518. The van der Waals surface area contributed by atoms with Gasteiger partial charge in [0.25, 0.3) is 5.91 Å². The summed E-state index contributed by atoms with van der Waals surface area (Å²) in [6, 6.07) is 13.2. The van der Waals surface area contributed by atoms with Crippen LogP contribution in [0.2, 0.25) is 5.02 Å². The highest BCUT2D eigenvalue weighted by molar-refractivity contribution is 6.30. The monoisotopic (exact) mass is 417 g/mol. The Kier molecular flexibility index (Phi) is 7.61. The van der Waals surface area contributed by atoms with E-state index < -0.39 is 0 Å². The molecule has 3 rings (SSSR count). The number of benzene rings is 2. The molecule has 0 unspecified atom stereocenters. The summed E-state index contributed by atoms with van der Waals surface area (Å²) in [5.41, 5.74) is 1.59. The Morgan fingerprint density at radius 3 is 2.45 bits per heavy atom. The largest absolute Gasteiger partial charge is 0.352 e. The normalized spacial score (nSPS) is 14.6. The molecule has 2 aromatic carbocycles. The number of nitrogens with zero attached hydrogens (tertiary/aromatic N) is 2. The molecule has 0 aromatic heterocycles. The van der Waals surface area contributed by atoms with Crippen molar-refractivity contribution < 1.29 is 14.0 Å². The summed E-state index contributed by atoms with van der Waals surface area (Å²) in [4.78, 5) is 28.6. The first-order chi connectivity index (χ1) is 14.0. The van der Waals surface area contributed by atoms with Crippen LogP contribution in [0.1, 0.15) is 28.8 Å². The molecule has 1 N–H and O–H groups in total. The SMILES string of the molecule is O=C(NCCCC(=O)N1CCN(Cc2cccc(Cl)c2)CC1)c1ccc(F)cc1. The molecule has 0 saturated carbocycles. The zero-order chi connectivity index (χ0) is 20.6. The fourth-order valence-electron chi connectivity index (χ4n) is 3.35. The predicted octanol–water partition coefficient (Wildman–Crippen LogP) is 3.33. The van der Waals surface area contributed by atoms with Crippen molar-refractivity contribution in [2.45, 2.75) is 19.4 Å². The Hall–Kier alpha value is -2.44. The molecule has 1 aliphatic rings. The van der Waals surface area contributed by atoms with Crippen LogP contribution in [0.15, 0.2) is 48.5 Å². The Labute approximate surface area is 175 Å². The van der Waals surface area contributed by atoms with Crippen LogP contribution in [-0.4, -0.2) is 54.3 Å². The number of halogens is 2. The van der Waals surface area contributed by atoms with Crippen molar-refractivity contribution >= 4 is 23.4 Å². The van der Waals surface area contributed by atoms with Crippen molar-refractivity contribution in [3.63, 3.8) is 0 Å². The molecule has 0 radical (unpaired) electrons. The van der Waals surface area contributed by atoms with Crippen LogP contribution >= 0.6 is 11.6 Å². The van der Waals surface area contributed by atoms with Gasteiger partial charge in [0, 0.05) is 56.3 Å². The van der Waals surface area contributed by atoms with Crippen LogP contribution < -0.4 is 5.32 Å². The summed E-state index contributed by atoms with van der Waals surface area (Å²) < 4.78 is 12.9. The lowest BCUT2D eigenvalue weighted by Gasteiger charge is -2.34. The fourth-order valence-corrected chi connectivity index (χ4v) is 3.56. The van der Waals surface area contributed by atoms with Gasteiger partial charge in [0.05, 0.1) is 0 Å². The van der Waals surface area contributed by atoms with Gasteiger partial charge in [-0.25, -0.2) is 4.39 Å². The van der Waals surface area contributed by atoms with E-state index in [4.69, 9.17) is 11.6 Å². The second-order valence-corrected chi connectivity index (χ2v) is 7.59. The van der Waals surface area contributed by atoms with Crippen molar-refractivity contribution in [3.8, 4) is 0 Å². The Balaban J connectivity index is 1.33. The van der Waals surface area contributed by atoms with Crippen molar-refractivity contribution in [1.29, 1.82) is 0 Å². The second-order valence-electron chi connectivity index (χ2n) is 7.15. The van der Waals surface area contributed by atoms with E-state index >= 15 is 0 Å². The van der Waals surface area contributed by atoms with E-state index in [9.17, 15) is 14.0 Å². The highest BCUT2D eigenvalue weighted by Gasteiger charge is 2.20. The molecule has 29 heavy (non-hydrogen) atoms. The van der Waals surface area contributed by atoms with E-state index in [1.807, 2.05) is 23.1 Å². The molecule has 0 aliphatic carbocycles. The molecule has 2 amide bonds. The lowest BCUT2D eigenvalue weighted by molar-refractivity contribution is -0.133. The molecule has 1 fully saturated rings. The van der Waals surface area contributed by atoms with Gasteiger partial charge >= 0.3 is 0 Å². The minimum absolute atomic E-state index is 0.114. The third-order valence-corrected chi connectivity index (χ3v) is 5.21. The van der Waals surface area contributed by atoms with Gasteiger partial charge in [-0.05, 0) is 48.4 Å². The van der Waals surface area contributed by atoms with Crippen LogP contribution in [0.5, 0.6) is 0 Å². The number of hydrogen-bond acceptors (Lipinski definition) is 3. The molecular weight excluding hydrogens is 393 g/mol. The summed E-state index contributed by atoms with van der Waals surface area (Å²) in [7, 11) is 0. The number of hydrogen-bond donors (Lipinski definition) is 1. The zero-order valence-corrected chi connectivity index (χ0v) is 17.0. The molecule has 154 valence electrons. The Morgan fingerprint density at radius 1 is 1.03 bits per heavy atom. The quantitative estimate of drug-likeness (QED) is 0.703. The fraction of sp³-hybridized carbons (Fsp3) is 0.364. The first kappa shape index (κ1) is 21.3. The molecule has 2 aromatic rings. The van der Waals surface area contributed by atoms with Crippen LogP contribution in [0.4, 0.5) is 4.39 Å². The minimum atomic E-state index is -0.375. The van der Waals surface area contributed by atoms with Gasteiger partial charge in [-0.2, -0.15) is 0 Å². The van der Waals surface area contributed by atoms with Crippen LogP contribution in [0, 0.1) is 5.82 Å². The maximum atomic E-state index is 12.9. The summed E-state index contributed by atoms with van der Waals surface area (Å²) in [5, 5.41) is 3.50. The highest BCUT2D eigenvalue weighted by Crippen LogP contribution is 2.14. The standard InChI is InChI=1S/C22H25ClFN3O2/c23-19-4-1-3-17(15-19)16-26-11-13-27(14-12-26)21(28)5-2-10-25-22(29)18-6-8-20(24)9-7-18/h1,3-4,6-9,15H,2,5,10-14,16H2,(H,25,29). The van der Waals surface area contributed by atoms with Crippen molar-refractivity contribution in [3.05, 3.63) is 70.5 Å². The molecule has 7 heteroatoms. The number of carbonyl (C=O) groups excluding carboxylic acids is 2. The molecule has 0 spiro atoms. The molecule has 1 saturated heterocycles. The van der Waals surface area contributed by atoms with Crippen molar-refractivity contribution in [1.82, 2.24) is 15.1 Å². The van der Waals surface area contributed by atoms with Gasteiger partial charge in [0.2, 0.25) is 5.91 Å². The topological polar surface area (TPSA) is 52.7 Å². The van der Waals surface area contributed by atoms with E-state index in [0.29, 0.717) is 38.0 Å². The average molecular weight is 418 g/mol. The van der Waals surface area contributed by atoms with E-state index in [1.165, 1.54) is 29.8 Å². The molecule has 0 bridgehead atoms. The molecule has 0 atom stereocenters. The van der Waals surface area contributed by atoms with Gasteiger partial charge in [-0.3, -0.25) is 14.5 Å². The van der Waals surface area contributed by atoms with Crippen LogP contribution in [0.3, 0.4) is 0 Å². The summed E-state index contributed by atoms with van der Waals surface area (Å²) in [6.45, 7) is 4.33. The number of nitrogens with one attached hydrogen (secondary N) is 1. The first-order valence-corrected chi connectivity index (χ1v) is 10.2. The average Bonchev–Trinajstić information content (AvgIpc) is 2.72. The molecule has 1 aliphatic heterocycles. The predicted molar refractivity (Wildman–Crippen MR) is 111 cm³/mol. The van der Waals surface area contributed by atoms with E-state index in [0.717, 1.165) is 24.7 Å². The number of rotatable bonds is 7. The van der Waals surface area contributed by atoms with Gasteiger partial charge in [0.1, 0.15) is 5.82 Å². The third kappa shape index (κ3) is 6.54. The lowest BCUT2D eigenvalue weighted by atomic mass is 10.2. The summed E-state index contributed by atoms with van der Waals surface area (Å²) >= 11 is 6.04. The van der Waals surface area contributed by atoms with Crippen molar-refractivity contribution in [2.75, 3.05) is 32.7 Å². The van der Waals surface area contributed by atoms with Crippen LogP contribution in [0.25, 0.3) is 0 Å². The number of carbonyl (C=O) groups is 2. The Morgan fingerprint density at radius 2 is 1.76 bits per heavy atom. The van der Waals surface area contributed by atoms with Crippen molar-refractivity contribution in [2.24, 2.45) is 0 Å². The van der Waals surface area contributed by atoms with Gasteiger partial charge < -0.3 is 10.2 Å². The number of piperazine rings is 1. The zero-order valence-electron chi connectivity index (χ0n) is 16.2. The van der Waals surface area contributed by atoms with E-state index in [2.05, 4.69) is 16.3 Å².